The van der Waals surface area contributed by atoms with Gasteiger partial charge in [-0.1, -0.05) is 54.4 Å². The third-order valence-corrected chi connectivity index (χ3v) is 14.9. The molecular formula is C27H40N4O4SSi. The van der Waals surface area contributed by atoms with E-state index in [0.29, 0.717) is 53.5 Å². The van der Waals surface area contributed by atoms with Crippen LogP contribution in [0.5, 0.6) is 0 Å². The van der Waals surface area contributed by atoms with Crippen LogP contribution < -0.4 is 5.56 Å². The average molecular weight is 545 g/mol. The zero-order chi connectivity index (χ0) is 27.7. The van der Waals surface area contributed by atoms with Crippen LogP contribution in [-0.4, -0.2) is 61.2 Å². The SMILES string of the molecule is CCC(=O)N1CCC[C@@H](n2c(=O)cc(C#C[Si](C(C)C)(C(C)C)C(C)C)c3cnc(S(C)(=O)=O)nc32)C1. The van der Waals surface area contributed by atoms with E-state index in [1.807, 2.05) is 6.92 Å². The van der Waals surface area contributed by atoms with E-state index in [1.54, 1.807) is 9.47 Å². The van der Waals surface area contributed by atoms with Crippen LogP contribution in [0.15, 0.2) is 22.2 Å². The van der Waals surface area contributed by atoms with Crippen molar-refractivity contribution >= 4 is 34.9 Å². The van der Waals surface area contributed by atoms with Crippen molar-refractivity contribution in [3.63, 3.8) is 0 Å². The highest BCUT2D eigenvalue weighted by Crippen LogP contribution is 2.41. The van der Waals surface area contributed by atoms with Gasteiger partial charge < -0.3 is 4.90 Å². The minimum absolute atomic E-state index is 0.0355. The molecule has 0 unspecified atom stereocenters. The van der Waals surface area contributed by atoms with Crippen molar-refractivity contribution in [1.29, 1.82) is 0 Å². The number of nitrogens with zero attached hydrogens (tertiary/aromatic N) is 4. The molecule has 1 atom stereocenters. The van der Waals surface area contributed by atoms with E-state index in [0.717, 1.165) is 12.7 Å². The fourth-order valence-corrected chi connectivity index (χ4v) is 11.7. The molecule has 1 saturated heterocycles. The van der Waals surface area contributed by atoms with Gasteiger partial charge in [0, 0.05) is 43.6 Å². The summed E-state index contributed by atoms with van der Waals surface area (Å²) >= 11 is 0. The van der Waals surface area contributed by atoms with Crippen LogP contribution in [0.3, 0.4) is 0 Å². The van der Waals surface area contributed by atoms with Gasteiger partial charge in [0.2, 0.25) is 20.9 Å². The maximum absolute atomic E-state index is 13.6. The lowest BCUT2D eigenvalue weighted by Gasteiger charge is -2.38. The predicted molar refractivity (Wildman–Crippen MR) is 150 cm³/mol. The van der Waals surface area contributed by atoms with Crippen LogP contribution >= 0.6 is 0 Å². The number of piperidine rings is 1. The topological polar surface area (TPSA) is 102 Å². The molecule has 3 rings (SSSR count). The van der Waals surface area contributed by atoms with Crippen LogP contribution in [0.4, 0.5) is 0 Å². The third kappa shape index (κ3) is 5.67. The Morgan fingerprint density at radius 3 is 2.32 bits per heavy atom. The molecule has 0 spiro atoms. The Kier molecular flexibility index (Phi) is 8.70. The van der Waals surface area contributed by atoms with E-state index in [9.17, 15) is 18.0 Å². The van der Waals surface area contributed by atoms with Crippen LogP contribution in [0, 0.1) is 11.5 Å². The molecule has 1 aliphatic heterocycles. The number of hydrogen-bond acceptors (Lipinski definition) is 6. The van der Waals surface area contributed by atoms with Crippen molar-refractivity contribution in [2.24, 2.45) is 0 Å². The van der Waals surface area contributed by atoms with Crippen molar-refractivity contribution < 1.29 is 13.2 Å². The molecule has 0 saturated carbocycles. The minimum Gasteiger partial charge on any atom is -0.341 e. The van der Waals surface area contributed by atoms with E-state index >= 15 is 0 Å². The molecule has 37 heavy (non-hydrogen) atoms. The Morgan fingerprint density at radius 1 is 1.16 bits per heavy atom. The first-order valence-electron chi connectivity index (χ1n) is 13.2. The molecule has 1 fully saturated rings. The van der Waals surface area contributed by atoms with E-state index in [4.69, 9.17) is 0 Å². The first-order valence-corrected chi connectivity index (χ1v) is 17.3. The van der Waals surface area contributed by atoms with Gasteiger partial charge in [0.1, 0.15) is 13.7 Å². The maximum Gasteiger partial charge on any atom is 0.253 e. The molecule has 10 heteroatoms. The van der Waals surface area contributed by atoms with Gasteiger partial charge in [-0.15, -0.1) is 5.54 Å². The Bertz CT molecular complexity index is 1380. The fourth-order valence-electron chi connectivity index (χ4n) is 5.97. The summed E-state index contributed by atoms with van der Waals surface area (Å²) in [5, 5.41) is 0.225. The van der Waals surface area contributed by atoms with Gasteiger partial charge in [0.25, 0.3) is 5.56 Å². The van der Waals surface area contributed by atoms with Crippen LogP contribution in [0.2, 0.25) is 16.6 Å². The summed E-state index contributed by atoms with van der Waals surface area (Å²) in [6.45, 7) is 16.2. The van der Waals surface area contributed by atoms with Gasteiger partial charge in [0.05, 0.1) is 11.4 Å². The number of amides is 1. The summed E-state index contributed by atoms with van der Waals surface area (Å²) in [7, 11) is -5.77. The zero-order valence-corrected chi connectivity index (χ0v) is 25.1. The normalized spacial score (nSPS) is 16.9. The second-order valence-electron chi connectivity index (χ2n) is 11.1. The maximum atomic E-state index is 13.6. The highest BCUT2D eigenvalue weighted by atomic mass is 32.2. The number of sulfone groups is 1. The molecule has 1 aliphatic rings. The molecule has 0 aromatic carbocycles. The Hall–Kier alpha value is -2.51. The molecule has 8 nitrogen and oxygen atoms in total. The number of hydrogen-bond donors (Lipinski definition) is 0. The van der Waals surface area contributed by atoms with Crippen molar-refractivity contribution in [3.8, 4) is 11.5 Å². The van der Waals surface area contributed by atoms with Gasteiger partial charge in [-0.25, -0.2) is 13.4 Å². The summed E-state index contributed by atoms with van der Waals surface area (Å²) in [6.07, 6.45) is 4.36. The van der Waals surface area contributed by atoms with Gasteiger partial charge in [-0.3, -0.25) is 14.2 Å². The van der Waals surface area contributed by atoms with Crippen molar-refractivity contribution in [2.45, 2.75) is 95.6 Å². The van der Waals surface area contributed by atoms with Crippen molar-refractivity contribution in [3.05, 3.63) is 28.2 Å². The number of fused-ring (bicyclic) bond motifs is 1. The molecule has 2 aromatic rings. The van der Waals surface area contributed by atoms with E-state index in [2.05, 4.69) is 63.0 Å². The molecular weight excluding hydrogens is 504 g/mol. The number of pyridine rings is 1. The summed E-state index contributed by atoms with van der Waals surface area (Å²) in [5.74, 6) is 3.38. The summed E-state index contributed by atoms with van der Waals surface area (Å²) in [6, 6.07) is 1.22. The number of carbonyl (C=O) groups excluding carboxylic acids is 1. The number of rotatable bonds is 6. The fraction of sp³-hybridized carbons (Fsp3) is 0.630. The molecule has 202 valence electrons. The molecule has 3 heterocycles. The number of aromatic nitrogens is 3. The summed E-state index contributed by atoms with van der Waals surface area (Å²) < 4.78 is 26.2. The predicted octanol–water partition coefficient (Wildman–Crippen LogP) is 4.34. The van der Waals surface area contributed by atoms with Gasteiger partial charge in [-0.05, 0) is 29.5 Å². The van der Waals surface area contributed by atoms with Crippen LogP contribution in [0.25, 0.3) is 11.0 Å². The van der Waals surface area contributed by atoms with Crippen molar-refractivity contribution in [2.75, 3.05) is 19.3 Å². The van der Waals surface area contributed by atoms with E-state index in [-0.39, 0.29) is 28.3 Å². The highest BCUT2D eigenvalue weighted by Gasteiger charge is 2.41. The van der Waals surface area contributed by atoms with Crippen LogP contribution in [-0.2, 0) is 14.6 Å². The first kappa shape index (κ1) is 29.0. The van der Waals surface area contributed by atoms with Gasteiger partial charge in [-0.2, -0.15) is 4.98 Å². The summed E-state index contributed by atoms with van der Waals surface area (Å²) in [4.78, 5) is 36.3. The Balaban J connectivity index is 2.29. The molecule has 0 bridgehead atoms. The van der Waals surface area contributed by atoms with Crippen LogP contribution in [0.1, 0.15) is 79.3 Å². The smallest absolute Gasteiger partial charge is 0.253 e. The lowest BCUT2D eigenvalue weighted by Crippen LogP contribution is -2.43. The van der Waals surface area contributed by atoms with Gasteiger partial charge in [0.15, 0.2) is 0 Å². The molecule has 0 aliphatic carbocycles. The molecule has 0 N–H and O–H groups in total. The minimum atomic E-state index is -3.70. The summed E-state index contributed by atoms with van der Waals surface area (Å²) in [5.41, 5.74) is 5.40. The van der Waals surface area contributed by atoms with Crippen molar-refractivity contribution in [1.82, 2.24) is 19.4 Å². The largest absolute Gasteiger partial charge is 0.341 e. The monoisotopic (exact) mass is 544 g/mol. The average Bonchev–Trinajstić information content (AvgIpc) is 2.82. The molecule has 0 radical (unpaired) electrons. The standard InChI is InChI=1S/C27H40N4O4SSi/c1-9-24(32)30-13-10-11-22(17-30)31-25(33)15-21(12-14-37(18(2)3,19(4)5)20(6)7)23-16-28-27(29-26(23)31)36(8,34)35/h15-16,18-20,22H,9-11,13,17H2,1-8H3/t22-/m1/s1. The molecule has 2 aromatic heterocycles. The number of carbonyl (C=O) groups is 1. The first-order chi connectivity index (χ1) is 17.2. The lowest BCUT2D eigenvalue weighted by atomic mass is 10.0. The Morgan fingerprint density at radius 2 is 1.78 bits per heavy atom. The van der Waals surface area contributed by atoms with E-state index < -0.39 is 17.9 Å². The highest BCUT2D eigenvalue weighted by molar-refractivity contribution is 7.90. The quantitative estimate of drug-likeness (QED) is 0.305. The number of likely N-dealkylation sites (tertiary alicyclic amines) is 1. The Labute approximate surface area is 221 Å². The lowest BCUT2D eigenvalue weighted by molar-refractivity contribution is -0.132. The van der Waals surface area contributed by atoms with Gasteiger partial charge >= 0.3 is 0 Å². The zero-order valence-electron chi connectivity index (χ0n) is 23.3. The molecule has 1 amide bonds. The second kappa shape index (κ2) is 11.1. The third-order valence-electron chi connectivity index (χ3n) is 7.80. The second-order valence-corrected chi connectivity index (χ2v) is 18.6. The van der Waals surface area contributed by atoms with E-state index in [1.165, 1.54) is 12.3 Å².